The lowest BCUT2D eigenvalue weighted by atomic mass is 10.1. The van der Waals surface area contributed by atoms with Gasteiger partial charge in [0, 0.05) is 32.0 Å². The number of amides is 3. The van der Waals surface area contributed by atoms with E-state index in [1.165, 1.54) is 29.6 Å². The van der Waals surface area contributed by atoms with Gasteiger partial charge < -0.3 is 30.2 Å². The van der Waals surface area contributed by atoms with Gasteiger partial charge in [-0.3, -0.25) is 19.2 Å². The number of rotatable bonds is 25. The van der Waals surface area contributed by atoms with Crippen molar-refractivity contribution in [2.24, 2.45) is 0 Å². The molecule has 13 nitrogen and oxygen atoms in total. The van der Waals surface area contributed by atoms with Gasteiger partial charge in [0.25, 0.3) is 11.8 Å². The van der Waals surface area contributed by atoms with Crippen molar-refractivity contribution in [3.63, 3.8) is 0 Å². The highest BCUT2D eigenvalue weighted by Crippen LogP contribution is 2.16. The molecular weight excluding hydrogens is 809 g/mol. The van der Waals surface area contributed by atoms with Gasteiger partial charge in [0.05, 0.1) is 19.6 Å². The lowest BCUT2D eigenvalue weighted by Crippen LogP contribution is -2.47. The van der Waals surface area contributed by atoms with Crippen molar-refractivity contribution >= 4 is 66.1 Å². The molecule has 0 aliphatic heterocycles. The number of allylic oxidation sites excluding steroid dienone is 2. The summed E-state index contributed by atoms with van der Waals surface area (Å²) in [6, 6.07) is 8.63. The summed E-state index contributed by atoms with van der Waals surface area (Å²) in [5.41, 5.74) is -0.0363. The topological polar surface area (TPSA) is 179 Å². The number of hydrogen-bond acceptors (Lipinski definition) is 12. The number of unbranched alkanes of at least 4 members (excludes halogenated alkanes) is 4. The quantitative estimate of drug-likeness (QED) is 0.0218. The van der Waals surface area contributed by atoms with Gasteiger partial charge in [-0.1, -0.05) is 106 Å². The van der Waals surface area contributed by atoms with Crippen LogP contribution in [0.4, 0.5) is 4.79 Å². The first-order valence-electron chi connectivity index (χ1n) is 20.3. The second kappa shape index (κ2) is 26.7. The standard InChI is InChI=1S/C43H64N4O9S2Si/c1-9-11-12-13-17-23-38(49)57-25-19-18-22-32(28-37(48)54-24-26-59(6,7)8)55-41(52)34(27-31-20-15-14-16-21-31)47-39(50)33(10-2)46-40(51)35-30-58-36(45-35)29-44-42(53)56-43(3,4)5/h10,14-16,18,20-22,30,32,34H,9,11-13,17,19,23-29H2,1-8H3,(H,44,53)(H,46,51)(H,47,50)/b22-18+,33-10-/t32-,34+/m1/s1. The van der Waals surface area contributed by atoms with Crippen LogP contribution in [0.25, 0.3) is 0 Å². The molecule has 0 aliphatic carbocycles. The Balaban J connectivity index is 2.16. The molecule has 0 spiro atoms. The van der Waals surface area contributed by atoms with Gasteiger partial charge in [0.2, 0.25) is 0 Å². The highest BCUT2D eigenvalue weighted by molar-refractivity contribution is 8.13. The van der Waals surface area contributed by atoms with Gasteiger partial charge in [0.15, 0.2) is 5.12 Å². The third-order valence-electron chi connectivity index (χ3n) is 8.35. The molecule has 0 saturated carbocycles. The zero-order valence-corrected chi connectivity index (χ0v) is 38.6. The zero-order valence-electron chi connectivity index (χ0n) is 36.0. The van der Waals surface area contributed by atoms with Crippen LogP contribution in [0.2, 0.25) is 25.7 Å². The molecule has 3 amide bonds. The zero-order chi connectivity index (χ0) is 43.8. The fourth-order valence-electron chi connectivity index (χ4n) is 5.19. The Morgan fingerprint density at radius 3 is 2.37 bits per heavy atom. The van der Waals surface area contributed by atoms with Crippen molar-refractivity contribution in [3.8, 4) is 0 Å². The maximum absolute atomic E-state index is 13.9. The molecule has 0 fully saturated rings. The molecule has 2 aromatic rings. The molecular formula is C43H64N4O9S2Si. The SMILES string of the molecule is C/C=C(\NC(=O)c1csc(CNC(=O)OC(C)(C)C)n1)C(=O)N[C@@H](Cc1ccccc1)C(=O)O[C@H](/C=C/CCSC(=O)CCCCCCC)CC(=O)OCC[Si](C)(C)C. The summed E-state index contributed by atoms with van der Waals surface area (Å²) < 4.78 is 16.6. The molecule has 0 bridgehead atoms. The molecule has 1 aromatic carbocycles. The van der Waals surface area contributed by atoms with E-state index in [4.69, 9.17) is 14.2 Å². The average Bonchev–Trinajstić information content (AvgIpc) is 3.64. The number of carbonyl (C=O) groups is 6. The van der Waals surface area contributed by atoms with Crippen LogP contribution in [-0.4, -0.2) is 78.1 Å². The van der Waals surface area contributed by atoms with Gasteiger partial charge in [-0.25, -0.2) is 14.6 Å². The van der Waals surface area contributed by atoms with Gasteiger partial charge in [-0.2, -0.15) is 0 Å². The number of thioether (sulfide) groups is 1. The van der Waals surface area contributed by atoms with Crippen LogP contribution >= 0.6 is 23.1 Å². The first kappa shape index (κ1) is 50.9. The number of thiazole rings is 1. The average molecular weight is 873 g/mol. The van der Waals surface area contributed by atoms with Crippen molar-refractivity contribution in [1.82, 2.24) is 20.9 Å². The lowest BCUT2D eigenvalue weighted by Gasteiger charge is -2.22. The van der Waals surface area contributed by atoms with Gasteiger partial charge in [-0.05, 0) is 58.2 Å². The maximum Gasteiger partial charge on any atom is 0.408 e. The van der Waals surface area contributed by atoms with E-state index in [-0.39, 0.29) is 42.5 Å². The minimum atomic E-state index is -1.47. The monoisotopic (exact) mass is 872 g/mol. The van der Waals surface area contributed by atoms with E-state index in [0.717, 1.165) is 48.6 Å². The van der Waals surface area contributed by atoms with Gasteiger partial charge >= 0.3 is 18.0 Å². The molecule has 2 rings (SSSR count). The Morgan fingerprint density at radius 1 is 1.00 bits per heavy atom. The first-order chi connectivity index (χ1) is 27.9. The number of aromatic nitrogens is 1. The number of alkyl carbamates (subject to hydrolysis) is 1. The van der Waals surface area contributed by atoms with Crippen LogP contribution in [0.5, 0.6) is 0 Å². The molecule has 0 aliphatic rings. The second-order valence-corrected chi connectivity index (χ2v) is 23.9. The minimum absolute atomic E-state index is 0.0277. The molecule has 59 heavy (non-hydrogen) atoms. The number of benzene rings is 1. The Bertz CT molecular complexity index is 1720. The molecule has 16 heteroatoms. The molecule has 0 saturated heterocycles. The van der Waals surface area contributed by atoms with Crippen LogP contribution in [0, 0.1) is 0 Å². The number of ether oxygens (including phenoxy) is 3. The third-order valence-corrected chi connectivity index (χ3v) is 11.9. The van der Waals surface area contributed by atoms with Crippen molar-refractivity contribution in [2.75, 3.05) is 12.4 Å². The summed E-state index contributed by atoms with van der Waals surface area (Å²) in [5.74, 6) is -2.18. The summed E-state index contributed by atoms with van der Waals surface area (Å²) in [6.45, 7) is 15.8. The normalized spacial score (nSPS) is 13.0. The second-order valence-electron chi connectivity index (χ2n) is 16.2. The van der Waals surface area contributed by atoms with Crippen LogP contribution in [0.15, 0.2) is 59.6 Å². The lowest BCUT2D eigenvalue weighted by molar-refractivity contribution is -0.155. The fraction of sp³-hybridized carbons (Fsp3) is 0.558. The number of carbonyl (C=O) groups excluding carboxylic acids is 6. The molecule has 3 N–H and O–H groups in total. The van der Waals surface area contributed by atoms with Crippen LogP contribution in [0.1, 0.15) is 107 Å². The number of hydrogen-bond donors (Lipinski definition) is 3. The van der Waals surface area contributed by atoms with E-state index >= 15 is 0 Å². The Kier molecular flexibility index (Phi) is 23.1. The van der Waals surface area contributed by atoms with Crippen molar-refractivity contribution < 1.29 is 43.0 Å². The van der Waals surface area contributed by atoms with Crippen molar-refractivity contribution in [2.45, 2.75) is 142 Å². The van der Waals surface area contributed by atoms with Crippen LogP contribution in [0.3, 0.4) is 0 Å². The number of esters is 2. The number of nitrogens with zero attached hydrogens (tertiary/aromatic N) is 1. The van der Waals surface area contributed by atoms with E-state index in [9.17, 15) is 28.8 Å². The maximum atomic E-state index is 13.9. The first-order valence-corrected chi connectivity index (χ1v) is 25.9. The number of nitrogens with one attached hydrogen (secondary N) is 3. The van der Waals surface area contributed by atoms with Crippen molar-refractivity contribution in [1.29, 1.82) is 0 Å². The highest BCUT2D eigenvalue weighted by Gasteiger charge is 2.28. The molecule has 2 atom stereocenters. The Morgan fingerprint density at radius 2 is 1.71 bits per heavy atom. The van der Waals surface area contributed by atoms with Crippen molar-refractivity contribution in [3.05, 3.63) is 75.9 Å². The van der Waals surface area contributed by atoms with E-state index in [0.29, 0.717) is 23.6 Å². The Labute approximate surface area is 359 Å². The summed E-state index contributed by atoms with van der Waals surface area (Å²) in [5, 5.41) is 9.94. The van der Waals surface area contributed by atoms with Gasteiger partial charge in [-0.15, -0.1) is 11.3 Å². The summed E-state index contributed by atoms with van der Waals surface area (Å²) >= 11 is 2.42. The van der Waals surface area contributed by atoms with Gasteiger partial charge in [0.1, 0.15) is 34.1 Å². The van der Waals surface area contributed by atoms with Crippen LogP contribution in [-0.2, 0) is 46.4 Å². The summed E-state index contributed by atoms with van der Waals surface area (Å²) in [7, 11) is -1.47. The van der Waals surface area contributed by atoms with Crippen LogP contribution < -0.4 is 16.0 Å². The molecule has 0 unspecified atom stereocenters. The van der Waals surface area contributed by atoms with E-state index in [2.05, 4.69) is 47.5 Å². The molecule has 0 radical (unpaired) electrons. The largest absolute Gasteiger partial charge is 0.466 e. The summed E-state index contributed by atoms with van der Waals surface area (Å²) in [4.78, 5) is 82.3. The van der Waals surface area contributed by atoms with E-state index in [1.807, 2.05) is 6.07 Å². The smallest absolute Gasteiger partial charge is 0.408 e. The molecule has 326 valence electrons. The van der Waals surface area contributed by atoms with E-state index in [1.54, 1.807) is 64.1 Å². The summed E-state index contributed by atoms with van der Waals surface area (Å²) in [6.07, 6.45) is 9.44. The predicted octanol–water partition coefficient (Wildman–Crippen LogP) is 8.28. The van der Waals surface area contributed by atoms with E-state index < -0.39 is 55.7 Å². The minimum Gasteiger partial charge on any atom is -0.466 e. The molecule has 1 heterocycles. The molecule has 1 aromatic heterocycles. The Hall–Kier alpha value is -4.28. The predicted molar refractivity (Wildman–Crippen MR) is 237 cm³/mol. The fourth-order valence-corrected chi connectivity index (χ4v) is 7.39. The highest BCUT2D eigenvalue weighted by atomic mass is 32.2. The third kappa shape index (κ3) is 23.2.